The molecule has 3 aromatic carbocycles. The third kappa shape index (κ3) is 5.52. The molecular weight excluding hydrogens is 471 g/mol. The first kappa shape index (κ1) is 23.6. The molecule has 0 aliphatic heterocycles. The van der Waals surface area contributed by atoms with Crippen LogP contribution in [0.1, 0.15) is 26.4 Å². The van der Waals surface area contributed by atoms with Crippen molar-refractivity contribution in [1.82, 2.24) is 9.78 Å². The maximum Gasteiger partial charge on any atom is 0.418 e. The number of amides is 2. The van der Waals surface area contributed by atoms with Crippen molar-refractivity contribution in [2.45, 2.75) is 6.18 Å². The number of benzene rings is 3. The van der Waals surface area contributed by atoms with Crippen LogP contribution in [0.25, 0.3) is 5.69 Å². The summed E-state index contributed by atoms with van der Waals surface area (Å²) >= 11 is 0. The molecule has 178 valence electrons. The summed E-state index contributed by atoms with van der Waals surface area (Å²) in [6.45, 7) is 0. The molecule has 6 nitrogen and oxygen atoms in total. The van der Waals surface area contributed by atoms with Gasteiger partial charge in [0.1, 0.15) is 11.6 Å². The smallest absolute Gasteiger partial charge is 0.322 e. The maximum atomic E-state index is 13.7. The molecule has 2 N–H and O–H groups in total. The number of aromatic nitrogens is 2. The van der Waals surface area contributed by atoms with Crippen molar-refractivity contribution in [3.05, 3.63) is 107 Å². The van der Waals surface area contributed by atoms with Crippen molar-refractivity contribution in [3.8, 4) is 5.69 Å². The van der Waals surface area contributed by atoms with Crippen LogP contribution >= 0.6 is 0 Å². The Balaban J connectivity index is 1.55. The van der Waals surface area contributed by atoms with E-state index in [1.165, 1.54) is 53.3 Å². The van der Waals surface area contributed by atoms with Gasteiger partial charge in [0, 0.05) is 17.4 Å². The van der Waals surface area contributed by atoms with E-state index >= 15 is 0 Å². The van der Waals surface area contributed by atoms with Gasteiger partial charge in [0.05, 0.1) is 16.9 Å². The summed E-state index contributed by atoms with van der Waals surface area (Å²) in [5.74, 6) is -2.75. The molecule has 0 spiro atoms. The molecule has 0 atom stereocenters. The van der Waals surface area contributed by atoms with E-state index in [9.17, 15) is 31.5 Å². The summed E-state index contributed by atoms with van der Waals surface area (Å²) in [6, 6.07) is 14.0. The van der Waals surface area contributed by atoms with Crippen molar-refractivity contribution in [2.24, 2.45) is 0 Å². The fourth-order valence-electron chi connectivity index (χ4n) is 3.16. The van der Waals surface area contributed by atoms with Crippen LogP contribution in [0.15, 0.2) is 79.0 Å². The summed E-state index contributed by atoms with van der Waals surface area (Å²) in [4.78, 5) is 24.8. The van der Waals surface area contributed by atoms with Crippen LogP contribution in [-0.4, -0.2) is 21.6 Å². The van der Waals surface area contributed by atoms with Crippen LogP contribution in [0, 0.1) is 11.6 Å². The summed E-state index contributed by atoms with van der Waals surface area (Å²) in [6.07, 6.45) is -3.50. The lowest BCUT2D eigenvalue weighted by Crippen LogP contribution is -2.18. The van der Waals surface area contributed by atoms with Crippen molar-refractivity contribution >= 4 is 23.2 Å². The Morgan fingerprint density at radius 1 is 0.800 bits per heavy atom. The van der Waals surface area contributed by atoms with Gasteiger partial charge in [-0.25, -0.2) is 13.5 Å². The molecule has 4 aromatic rings. The molecule has 0 saturated heterocycles. The lowest BCUT2D eigenvalue weighted by molar-refractivity contribution is -0.136. The van der Waals surface area contributed by atoms with Gasteiger partial charge in [-0.3, -0.25) is 9.59 Å². The van der Waals surface area contributed by atoms with Gasteiger partial charge >= 0.3 is 6.18 Å². The Labute approximate surface area is 195 Å². The van der Waals surface area contributed by atoms with Gasteiger partial charge in [-0.2, -0.15) is 18.3 Å². The van der Waals surface area contributed by atoms with E-state index in [2.05, 4.69) is 15.7 Å². The maximum absolute atomic E-state index is 13.7. The molecule has 35 heavy (non-hydrogen) atoms. The number of carbonyl (C=O) groups excluding carboxylic acids is 2. The van der Waals surface area contributed by atoms with E-state index < -0.39 is 40.9 Å². The first-order chi connectivity index (χ1) is 16.6. The third-order valence-corrected chi connectivity index (χ3v) is 4.83. The fraction of sp³-hybridized carbons (Fsp3) is 0.0417. The van der Waals surface area contributed by atoms with Gasteiger partial charge in [-0.05, 0) is 66.7 Å². The Hall–Kier alpha value is -4.54. The Morgan fingerprint density at radius 2 is 1.54 bits per heavy atom. The van der Waals surface area contributed by atoms with E-state index in [1.54, 1.807) is 6.07 Å². The highest BCUT2D eigenvalue weighted by Gasteiger charge is 2.34. The van der Waals surface area contributed by atoms with E-state index in [-0.39, 0.29) is 16.9 Å². The standard InChI is InChI=1S/C24H15F5N4O2/c25-15-6-4-14(5-7-15)22(34)30-17-8-9-20(19(13-17)24(27,28)29)31-23(35)21-10-11-33(32-21)18-3-1-2-16(26)12-18/h1-13H,(H,30,34)(H,31,35). The van der Waals surface area contributed by atoms with Crippen LogP contribution in [0.3, 0.4) is 0 Å². The van der Waals surface area contributed by atoms with Crippen LogP contribution < -0.4 is 10.6 Å². The summed E-state index contributed by atoms with van der Waals surface area (Å²) < 4.78 is 68.7. The third-order valence-electron chi connectivity index (χ3n) is 4.83. The number of rotatable bonds is 5. The topological polar surface area (TPSA) is 76.0 Å². The Bertz CT molecular complexity index is 1400. The van der Waals surface area contributed by atoms with Crippen LogP contribution in [0.2, 0.25) is 0 Å². The van der Waals surface area contributed by atoms with Crippen molar-refractivity contribution < 1.29 is 31.5 Å². The van der Waals surface area contributed by atoms with Crippen molar-refractivity contribution in [2.75, 3.05) is 10.6 Å². The molecule has 2 amide bonds. The molecule has 0 aliphatic carbocycles. The molecule has 1 heterocycles. The average Bonchev–Trinajstić information content (AvgIpc) is 3.30. The van der Waals surface area contributed by atoms with Gasteiger partial charge in [-0.15, -0.1) is 0 Å². The molecule has 0 saturated carbocycles. The largest absolute Gasteiger partial charge is 0.418 e. The normalized spacial score (nSPS) is 11.2. The fourth-order valence-corrected chi connectivity index (χ4v) is 3.16. The van der Waals surface area contributed by atoms with E-state index in [1.807, 2.05) is 0 Å². The number of nitrogens with zero attached hydrogens (tertiary/aromatic N) is 2. The zero-order chi connectivity index (χ0) is 25.2. The highest BCUT2D eigenvalue weighted by molar-refractivity contribution is 6.05. The first-order valence-corrected chi connectivity index (χ1v) is 10.0. The van der Waals surface area contributed by atoms with Crippen molar-refractivity contribution in [1.29, 1.82) is 0 Å². The Kier molecular flexibility index (Phi) is 6.32. The lowest BCUT2D eigenvalue weighted by atomic mass is 10.1. The molecule has 1 aromatic heterocycles. The van der Waals surface area contributed by atoms with Gasteiger partial charge in [-0.1, -0.05) is 6.07 Å². The minimum Gasteiger partial charge on any atom is -0.322 e. The molecule has 0 radical (unpaired) electrons. The predicted octanol–water partition coefficient (Wildman–Crippen LogP) is 5.67. The zero-order valence-corrected chi connectivity index (χ0v) is 17.6. The number of hydrogen-bond acceptors (Lipinski definition) is 3. The molecule has 4 rings (SSSR count). The van der Waals surface area contributed by atoms with Crippen molar-refractivity contribution in [3.63, 3.8) is 0 Å². The van der Waals surface area contributed by atoms with Crippen LogP contribution in [0.4, 0.5) is 33.3 Å². The highest BCUT2D eigenvalue weighted by Crippen LogP contribution is 2.37. The number of carbonyl (C=O) groups is 2. The predicted molar refractivity (Wildman–Crippen MR) is 117 cm³/mol. The second kappa shape index (κ2) is 9.37. The van der Waals surface area contributed by atoms with Crippen LogP contribution in [0.5, 0.6) is 0 Å². The number of alkyl halides is 3. The molecule has 11 heteroatoms. The van der Waals surface area contributed by atoms with Gasteiger partial charge < -0.3 is 10.6 Å². The minimum atomic E-state index is -4.86. The summed E-state index contributed by atoms with van der Waals surface area (Å²) in [7, 11) is 0. The molecule has 0 fully saturated rings. The molecular formula is C24H15F5N4O2. The number of hydrogen-bond donors (Lipinski definition) is 2. The lowest BCUT2D eigenvalue weighted by Gasteiger charge is -2.15. The molecule has 0 aliphatic rings. The van der Waals surface area contributed by atoms with Gasteiger partial charge in [0.25, 0.3) is 11.8 Å². The summed E-state index contributed by atoms with van der Waals surface area (Å²) in [5, 5.41) is 8.45. The zero-order valence-electron chi connectivity index (χ0n) is 17.6. The van der Waals surface area contributed by atoms with Crippen LogP contribution in [-0.2, 0) is 6.18 Å². The number of nitrogens with one attached hydrogen (secondary N) is 2. The minimum absolute atomic E-state index is 0.0474. The van der Waals surface area contributed by atoms with E-state index in [0.29, 0.717) is 11.8 Å². The second-order valence-electron chi connectivity index (χ2n) is 7.30. The van der Waals surface area contributed by atoms with E-state index in [0.717, 1.165) is 18.2 Å². The molecule has 0 bridgehead atoms. The SMILES string of the molecule is O=C(Nc1ccc(NC(=O)c2ccn(-c3cccc(F)c3)n2)c(C(F)(F)F)c1)c1ccc(F)cc1. The Morgan fingerprint density at radius 3 is 2.23 bits per heavy atom. The second-order valence-corrected chi connectivity index (χ2v) is 7.30. The van der Waals surface area contributed by atoms with Gasteiger partial charge in [0.2, 0.25) is 0 Å². The first-order valence-electron chi connectivity index (χ1n) is 10.0. The molecule has 0 unspecified atom stereocenters. The number of anilines is 2. The number of halogens is 5. The average molecular weight is 486 g/mol. The highest BCUT2D eigenvalue weighted by atomic mass is 19.4. The monoisotopic (exact) mass is 486 g/mol. The van der Waals surface area contributed by atoms with Gasteiger partial charge in [0.15, 0.2) is 5.69 Å². The quantitative estimate of drug-likeness (QED) is 0.357. The summed E-state index contributed by atoms with van der Waals surface area (Å²) in [5.41, 5.74) is -1.77. The van der Waals surface area contributed by atoms with E-state index in [4.69, 9.17) is 0 Å².